The van der Waals surface area contributed by atoms with Crippen LogP contribution in [0.3, 0.4) is 0 Å². The molecule has 0 unspecified atom stereocenters. The van der Waals surface area contributed by atoms with Gasteiger partial charge in [-0.1, -0.05) is 55.8 Å². The van der Waals surface area contributed by atoms with Crippen LogP contribution in [0.1, 0.15) is 107 Å². The monoisotopic (exact) mass is 770 g/mol. The third kappa shape index (κ3) is 7.53. The summed E-state index contributed by atoms with van der Waals surface area (Å²) in [6.45, 7) is 14.8. The number of hydrogen-bond acceptors (Lipinski definition) is 6. The van der Waals surface area contributed by atoms with Gasteiger partial charge >= 0.3 is 32.4 Å². The Balaban J connectivity index is 0.00000562. The molecule has 0 saturated heterocycles. The topological polar surface area (TPSA) is 161 Å². The number of aromatic nitrogens is 4. The normalized spacial score (nSPS) is 15.6. The van der Waals surface area contributed by atoms with E-state index >= 15 is 0 Å². The van der Waals surface area contributed by atoms with Gasteiger partial charge in [-0.3, -0.25) is 14.6 Å². The fourth-order valence-corrected chi connectivity index (χ4v) is 6.86. The molecule has 8 bridgehead atoms. The summed E-state index contributed by atoms with van der Waals surface area (Å²) < 4.78 is 0. The number of aryl methyl sites for hydroxylation is 2. The van der Waals surface area contributed by atoms with E-state index in [1.165, 1.54) is 0 Å². The van der Waals surface area contributed by atoms with Crippen molar-refractivity contribution in [3.05, 3.63) is 75.4 Å². The molecule has 3 aromatic heterocycles. The summed E-state index contributed by atoms with van der Waals surface area (Å²) in [5, 5.41) is 23.2. The Morgan fingerprint density at radius 2 is 1.68 bits per heavy atom. The molecule has 1 amide bonds. The Bertz CT molecular complexity index is 2060. The molecule has 11 nitrogen and oxygen atoms in total. The summed E-state index contributed by atoms with van der Waals surface area (Å²) in [5.74, 6) is -3.11. The number of carbonyl (C=O) groups excluding carboxylic acids is 1. The number of carboxylic acid groups (broad SMARTS) is 2. The van der Waals surface area contributed by atoms with Gasteiger partial charge in [-0.05, 0) is 70.0 Å². The molecule has 266 valence electrons. The van der Waals surface area contributed by atoms with Crippen molar-refractivity contribution in [2.75, 3.05) is 27.2 Å². The standard InChI is InChI=1S/C38H46N6O5.Pd/c1-9-23-19(3)27-16-29-21(5)25(11-12-34(46)47)36(42-29)26(15-33(45)39-13-14-44(7)8)37-35(38(48)49)22(6)30(43-37)18-32-24(10-2)20(4)28(41-32)17-31(23)40-27;/h9,16-18,21,25H,1,10-15H2,2-8H3,(H5,39,40,41,42,43,45,46,47,48,49);/q;+2/p-2/t21-,25-;/m0./s1. The number of carbonyl (C=O) groups is 3. The van der Waals surface area contributed by atoms with Gasteiger partial charge in [0.25, 0.3) is 0 Å². The van der Waals surface area contributed by atoms with Crippen molar-refractivity contribution >= 4 is 57.1 Å². The SMILES string of the molecule is C=Cc1c(C)c2cc3nc(c(CC(=O)NCCN(C)C)c4[n-]c(cc5nc(cc1[n-]2)C(C)=C5CC)c(C)c4C(=O)O)[C@@H](CCC(=O)O)[C@@H]3C.[Pd+2]. The van der Waals surface area contributed by atoms with Gasteiger partial charge in [-0.25, -0.2) is 9.78 Å². The summed E-state index contributed by atoms with van der Waals surface area (Å²) in [7, 11) is 3.81. The zero-order chi connectivity index (χ0) is 35.7. The number of amides is 1. The molecule has 50 heavy (non-hydrogen) atoms. The molecule has 2 atom stereocenters. The van der Waals surface area contributed by atoms with E-state index < -0.39 is 17.9 Å². The second-order valence-corrected chi connectivity index (χ2v) is 13.1. The van der Waals surface area contributed by atoms with Crippen LogP contribution in [0, 0.1) is 13.8 Å². The first-order chi connectivity index (χ1) is 23.2. The summed E-state index contributed by atoms with van der Waals surface area (Å²) in [4.78, 5) is 60.2. The quantitative estimate of drug-likeness (QED) is 0.202. The molecule has 0 spiro atoms. The predicted octanol–water partition coefficient (Wildman–Crippen LogP) is 5.84. The average Bonchev–Trinajstić information content (AvgIpc) is 3.71. The van der Waals surface area contributed by atoms with E-state index in [2.05, 4.69) is 11.9 Å². The van der Waals surface area contributed by atoms with E-state index in [-0.39, 0.29) is 62.6 Å². The Hall–Kier alpha value is -4.37. The first-order valence-electron chi connectivity index (χ1n) is 16.6. The van der Waals surface area contributed by atoms with Crippen LogP contribution in [0.2, 0.25) is 0 Å². The second-order valence-electron chi connectivity index (χ2n) is 13.1. The summed E-state index contributed by atoms with van der Waals surface area (Å²) in [6, 6.07) is 5.66. The minimum absolute atomic E-state index is 0. The van der Waals surface area contributed by atoms with Crippen molar-refractivity contribution in [2.24, 2.45) is 0 Å². The fourth-order valence-electron chi connectivity index (χ4n) is 6.86. The maximum Gasteiger partial charge on any atom is 2.00 e. The van der Waals surface area contributed by atoms with Gasteiger partial charge in [0.15, 0.2) is 0 Å². The number of rotatable bonds is 11. The van der Waals surface area contributed by atoms with Crippen molar-refractivity contribution in [3.63, 3.8) is 0 Å². The fraction of sp³-hybridized carbons (Fsp3) is 0.395. The van der Waals surface area contributed by atoms with E-state index in [4.69, 9.17) is 19.9 Å². The van der Waals surface area contributed by atoms with Gasteiger partial charge in [0, 0.05) is 48.3 Å². The Labute approximate surface area is 306 Å². The van der Waals surface area contributed by atoms with Crippen molar-refractivity contribution in [3.8, 4) is 0 Å². The van der Waals surface area contributed by atoms with Crippen LogP contribution in [0.5, 0.6) is 0 Å². The molecule has 12 heteroatoms. The Morgan fingerprint density at radius 3 is 2.30 bits per heavy atom. The maximum atomic E-state index is 13.5. The average molecular weight is 771 g/mol. The molecule has 0 aliphatic carbocycles. The summed E-state index contributed by atoms with van der Waals surface area (Å²) in [5.41, 5.74) is 9.19. The summed E-state index contributed by atoms with van der Waals surface area (Å²) >= 11 is 0. The smallest absolute Gasteiger partial charge is 0.657 e. The number of aliphatic carboxylic acids is 1. The number of fused-ring (bicyclic) bond motifs is 8. The minimum atomic E-state index is -1.18. The summed E-state index contributed by atoms with van der Waals surface area (Å²) in [6.07, 6.45) is 2.41. The van der Waals surface area contributed by atoms with Gasteiger partial charge in [0.05, 0.1) is 17.8 Å². The van der Waals surface area contributed by atoms with Gasteiger partial charge < -0.3 is 30.4 Å². The molecule has 3 aromatic rings. The largest absolute Gasteiger partial charge is 2.00 e. The molecule has 0 saturated carbocycles. The number of allylic oxidation sites excluding steroid dienone is 2. The van der Waals surface area contributed by atoms with Gasteiger partial charge in [0.2, 0.25) is 5.91 Å². The van der Waals surface area contributed by atoms with Crippen LogP contribution in [0.25, 0.3) is 39.3 Å². The minimum Gasteiger partial charge on any atom is -0.657 e. The Kier molecular flexibility index (Phi) is 12.0. The molecule has 0 aromatic carbocycles. The zero-order valence-electron chi connectivity index (χ0n) is 29.6. The van der Waals surface area contributed by atoms with Crippen LogP contribution in [0.15, 0.2) is 24.8 Å². The van der Waals surface area contributed by atoms with Gasteiger partial charge in [-0.2, -0.15) is 0 Å². The van der Waals surface area contributed by atoms with E-state index in [0.29, 0.717) is 58.8 Å². The van der Waals surface area contributed by atoms with Gasteiger partial charge in [-0.15, -0.1) is 22.1 Å². The van der Waals surface area contributed by atoms with Crippen molar-refractivity contribution in [1.82, 2.24) is 30.2 Å². The van der Waals surface area contributed by atoms with E-state index in [9.17, 15) is 24.6 Å². The molecule has 3 N–H and O–H groups in total. The number of aromatic carboxylic acids is 1. The van der Waals surface area contributed by atoms with Gasteiger partial charge in [0.1, 0.15) is 0 Å². The van der Waals surface area contributed by atoms with Crippen molar-refractivity contribution in [2.45, 2.75) is 72.1 Å². The Morgan fingerprint density at radius 1 is 1.00 bits per heavy atom. The van der Waals surface area contributed by atoms with Crippen LogP contribution in [-0.4, -0.2) is 70.1 Å². The van der Waals surface area contributed by atoms with E-state index in [1.807, 2.05) is 64.9 Å². The maximum absolute atomic E-state index is 13.5. The second kappa shape index (κ2) is 15.7. The van der Waals surface area contributed by atoms with Crippen molar-refractivity contribution < 1.29 is 45.0 Å². The number of carboxylic acids is 2. The molecule has 0 fully saturated rings. The third-order valence-electron chi connectivity index (χ3n) is 9.68. The number of nitrogens with zero attached hydrogens (tertiary/aromatic N) is 5. The predicted molar refractivity (Wildman–Crippen MR) is 192 cm³/mol. The zero-order valence-corrected chi connectivity index (χ0v) is 31.1. The van der Waals surface area contributed by atoms with Crippen LogP contribution in [0.4, 0.5) is 0 Å². The van der Waals surface area contributed by atoms with E-state index in [1.54, 1.807) is 13.0 Å². The first-order valence-corrected chi connectivity index (χ1v) is 16.6. The molecule has 0 radical (unpaired) electrons. The molecular weight excluding hydrogens is 727 g/mol. The molecule has 5 heterocycles. The first kappa shape index (κ1) is 38.4. The van der Waals surface area contributed by atoms with Crippen LogP contribution < -0.4 is 15.3 Å². The molecule has 2 aliphatic rings. The molecule has 2 aliphatic heterocycles. The number of nitrogens with one attached hydrogen (secondary N) is 1. The van der Waals surface area contributed by atoms with Crippen molar-refractivity contribution in [1.29, 1.82) is 0 Å². The number of likely N-dealkylation sites (N-methyl/N-ethyl adjacent to an activating group) is 1. The van der Waals surface area contributed by atoms with Crippen LogP contribution in [-0.2, 0) is 36.4 Å². The molecule has 5 rings (SSSR count). The third-order valence-corrected chi connectivity index (χ3v) is 9.68. The number of hydrogen-bond donors (Lipinski definition) is 3. The van der Waals surface area contributed by atoms with Crippen LogP contribution >= 0.6 is 0 Å². The molecular formula is C38H44N6O5Pd. The van der Waals surface area contributed by atoms with E-state index in [0.717, 1.165) is 33.5 Å².